The summed E-state index contributed by atoms with van der Waals surface area (Å²) in [6, 6.07) is 2.93. The van der Waals surface area contributed by atoms with Crippen LogP contribution in [0.5, 0.6) is 0 Å². The molecule has 0 rings (SSSR count). The highest BCUT2D eigenvalue weighted by Gasteiger charge is 2.09. The van der Waals surface area contributed by atoms with Gasteiger partial charge in [0.05, 0.1) is 12.5 Å². The average molecular weight is 197 g/mol. The molecule has 0 aromatic carbocycles. The van der Waals surface area contributed by atoms with E-state index in [9.17, 15) is 0 Å². The standard InChI is InChI=1S/C11H23N3/c1-5-14(6-2)9-11(4)13-10(3)7-8-12/h10-11,13H,5-7,9H2,1-4H3. The first kappa shape index (κ1) is 13.4. The van der Waals surface area contributed by atoms with Gasteiger partial charge in [-0.15, -0.1) is 0 Å². The second kappa shape index (κ2) is 7.78. The van der Waals surface area contributed by atoms with Gasteiger partial charge in [-0.1, -0.05) is 13.8 Å². The third-order valence-corrected chi connectivity index (χ3v) is 2.39. The van der Waals surface area contributed by atoms with Gasteiger partial charge in [-0.3, -0.25) is 0 Å². The molecule has 82 valence electrons. The van der Waals surface area contributed by atoms with Gasteiger partial charge in [0.2, 0.25) is 0 Å². The van der Waals surface area contributed by atoms with E-state index in [2.05, 4.69) is 44.0 Å². The molecule has 0 heterocycles. The van der Waals surface area contributed by atoms with Crippen LogP contribution in [-0.4, -0.2) is 36.6 Å². The Morgan fingerprint density at radius 2 is 1.79 bits per heavy atom. The smallest absolute Gasteiger partial charge is 0.0638 e. The van der Waals surface area contributed by atoms with Crippen LogP contribution in [0.4, 0.5) is 0 Å². The zero-order valence-electron chi connectivity index (χ0n) is 9.88. The third kappa shape index (κ3) is 5.95. The second-order valence-corrected chi connectivity index (χ2v) is 3.82. The van der Waals surface area contributed by atoms with Crippen LogP contribution in [0.15, 0.2) is 0 Å². The van der Waals surface area contributed by atoms with E-state index >= 15 is 0 Å². The molecule has 0 aromatic rings. The highest BCUT2D eigenvalue weighted by Crippen LogP contribution is 1.95. The van der Waals surface area contributed by atoms with E-state index in [0.717, 1.165) is 19.6 Å². The first-order chi connectivity index (χ1) is 6.63. The van der Waals surface area contributed by atoms with Crippen LogP contribution in [0.25, 0.3) is 0 Å². The van der Waals surface area contributed by atoms with Gasteiger partial charge in [0.15, 0.2) is 0 Å². The zero-order chi connectivity index (χ0) is 11.0. The Morgan fingerprint density at radius 3 is 2.21 bits per heavy atom. The molecule has 0 saturated carbocycles. The molecule has 0 bridgehead atoms. The third-order valence-electron chi connectivity index (χ3n) is 2.39. The van der Waals surface area contributed by atoms with Gasteiger partial charge in [-0.25, -0.2) is 0 Å². The molecular weight excluding hydrogens is 174 g/mol. The molecule has 0 aliphatic carbocycles. The molecule has 1 N–H and O–H groups in total. The summed E-state index contributed by atoms with van der Waals surface area (Å²) in [5.41, 5.74) is 0. The minimum absolute atomic E-state index is 0.297. The van der Waals surface area contributed by atoms with E-state index in [1.807, 2.05) is 0 Å². The maximum Gasteiger partial charge on any atom is 0.0638 e. The summed E-state index contributed by atoms with van der Waals surface area (Å²) in [7, 11) is 0. The zero-order valence-corrected chi connectivity index (χ0v) is 9.88. The lowest BCUT2D eigenvalue weighted by Gasteiger charge is -2.25. The lowest BCUT2D eigenvalue weighted by Crippen LogP contribution is -2.42. The van der Waals surface area contributed by atoms with Crippen molar-refractivity contribution in [3.63, 3.8) is 0 Å². The number of hydrogen-bond donors (Lipinski definition) is 1. The van der Waals surface area contributed by atoms with E-state index in [4.69, 9.17) is 5.26 Å². The fourth-order valence-corrected chi connectivity index (χ4v) is 1.60. The fourth-order valence-electron chi connectivity index (χ4n) is 1.60. The van der Waals surface area contributed by atoms with Crippen molar-refractivity contribution >= 4 is 0 Å². The van der Waals surface area contributed by atoms with Gasteiger partial charge >= 0.3 is 0 Å². The summed E-state index contributed by atoms with van der Waals surface area (Å²) in [5, 5.41) is 11.9. The normalized spacial score (nSPS) is 15.1. The lowest BCUT2D eigenvalue weighted by atomic mass is 10.2. The molecule has 2 unspecified atom stereocenters. The summed E-state index contributed by atoms with van der Waals surface area (Å²) >= 11 is 0. The van der Waals surface area contributed by atoms with E-state index in [-0.39, 0.29) is 0 Å². The van der Waals surface area contributed by atoms with Crippen LogP contribution in [0.2, 0.25) is 0 Å². The molecule has 3 nitrogen and oxygen atoms in total. The predicted octanol–water partition coefficient (Wildman–Crippen LogP) is 1.61. The van der Waals surface area contributed by atoms with Crippen LogP contribution < -0.4 is 5.32 Å². The molecule has 0 aliphatic rings. The number of rotatable bonds is 7. The Labute approximate surface area is 88.1 Å². The summed E-state index contributed by atoms with van der Waals surface area (Å²) in [6.45, 7) is 11.8. The van der Waals surface area contributed by atoms with Crippen LogP contribution >= 0.6 is 0 Å². The second-order valence-electron chi connectivity index (χ2n) is 3.82. The lowest BCUT2D eigenvalue weighted by molar-refractivity contribution is 0.263. The molecule has 0 radical (unpaired) electrons. The van der Waals surface area contributed by atoms with E-state index in [1.165, 1.54) is 0 Å². The van der Waals surface area contributed by atoms with E-state index in [0.29, 0.717) is 18.5 Å². The summed E-state index contributed by atoms with van der Waals surface area (Å²) in [6.07, 6.45) is 0.586. The number of hydrogen-bond acceptors (Lipinski definition) is 3. The van der Waals surface area contributed by atoms with Gasteiger partial charge in [0.25, 0.3) is 0 Å². The van der Waals surface area contributed by atoms with Crippen molar-refractivity contribution in [2.75, 3.05) is 19.6 Å². The van der Waals surface area contributed by atoms with Gasteiger partial charge < -0.3 is 10.2 Å². The molecule has 0 amide bonds. The SMILES string of the molecule is CCN(CC)CC(C)NC(C)CC#N. The Morgan fingerprint density at radius 1 is 1.21 bits per heavy atom. The van der Waals surface area contributed by atoms with Crippen LogP contribution in [0.3, 0.4) is 0 Å². The number of nitrogens with one attached hydrogen (secondary N) is 1. The van der Waals surface area contributed by atoms with Crippen molar-refractivity contribution in [2.45, 2.75) is 46.2 Å². The minimum atomic E-state index is 0.297. The number of likely N-dealkylation sites (N-methyl/N-ethyl adjacent to an activating group) is 1. The van der Waals surface area contributed by atoms with Crippen molar-refractivity contribution in [1.82, 2.24) is 10.2 Å². The molecule has 2 atom stereocenters. The highest BCUT2D eigenvalue weighted by molar-refractivity contribution is 4.80. The Balaban J connectivity index is 3.73. The highest BCUT2D eigenvalue weighted by atomic mass is 15.1. The number of nitrogens with zero attached hydrogens (tertiary/aromatic N) is 2. The maximum atomic E-state index is 8.52. The van der Waals surface area contributed by atoms with Crippen LogP contribution in [-0.2, 0) is 0 Å². The molecule has 3 heteroatoms. The first-order valence-corrected chi connectivity index (χ1v) is 5.49. The molecule has 0 aliphatic heterocycles. The molecule has 0 aromatic heterocycles. The van der Waals surface area contributed by atoms with Crippen LogP contribution in [0.1, 0.15) is 34.1 Å². The van der Waals surface area contributed by atoms with E-state index < -0.39 is 0 Å². The van der Waals surface area contributed by atoms with Gasteiger partial charge in [0.1, 0.15) is 0 Å². The van der Waals surface area contributed by atoms with Crippen molar-refractivity contribution in [1.29, 1.82) is 5.26 Å². The summed E-state index contributed by atoms with van der Waals surface area (Å²) < 4.78 is 0. The van der Waals surface area contributed by atoms with Crippen LogP contribution in [0, 0.1) is 11.3 Å². The topological polar surface area (TPSA) is 39.1 Å². The van der Waals surface area contributed by atoms with Crippen molar-refractivity contribution in [3.05, 3.63) is 0 Å². The van der Waals surface area contributed by atoms with Crippen molar-refractivity contribution in [3.8, 4) is 6.07 Å². The minimum Gasteiger partial charge on any atom is -0.309 e. The summed E-state index contributed by atoms with van der Waals surface area (Å²) in [5.74, 6) is 0. The first-order valence-electron chi connectivity index (χ1n) is 5.49. The fraction of sp³-hybridized carbons (Fsp3) is 0.909. The quantitative estimate of drug-likeness (QED) is 0.674. The van der Waals surface area contributed by atoms with Gasteiger partial charge in [0, 0.05) is 18.6 Å². The predicted molar refractivity (Wildman–Crippen MR) is 60.1 cm³/mol. The summed E-state index contributed by atoms with van der Waals surface area (Å²) in [4.78, 5) is 2.39. The Hall–Kier alpha value is -0.590. The average Bonchev–Trinajstić information content (AvgIpc) is 2.14. The molecule has 0 fully saturated rings. The Bertz CT molecular complexity index is 170. The van der Waals surface area contributed by atoms with E-state index in [1.54, 1.807) is 0 Å². The molecule has 0 saturated heterocycles. The van der Waals surface area contributed by atoms with Crippen molar-refractivity contribution in [2.24, 2.45) is 0 Å². The largest absolute Gasteiger partial charge is 0.309 e. The maximum absolute atomic E-state index is 8.52. The molecule has 0 spiro atoms. The van der Waals surface area contributed by atoms with Gasteiger partial charge in [-0.05, 0) is 26.9 Å². The number of nitriles is 1. The van der Waals surface area contributed by atoms with Crippen molar-refractivity contribution < 1.29 is 0 Å². The molecular formula is C11H23N3. The molecule has 14 heavy (non-hydrogen) atoms. The van der Waals surface area contributed by atoms with Gasteiger partial charge in [-0.2, -0.15) is 5.26 Å². The monoisotopic (exact) mass is 197 g/mol. The Kier molecular flexibility index (Phi) is 7.45.